The number of hydrazone groups is 1. The molecule has 1 fully saturated rings. The molecule has 0 radical (unpaired) electrons. The van der Waals surface area contributed by atoms with E-state index in [4.69, 9.17) is 11.6 Å². The van der Waals surface area contributed by atoms with Gasteiger partial charge in [0.2, 0.25) is 5.78 Å². The van der Waals surface area contributed by atoms with Crippen molar-refractivity contribution in [2.45, 2.75) is 13.0 Å². The van der Waals surface area contributed by atoms with E-state index in [0.717, 1.165) is 5.12 Å². The van der Waals surface area contributed by atoms with Crippen LogP contribution in [0.15, 0.2) is 59.7 Å². The van der Waals surface area contributed by atoms with Crippen molar-refractivity contribution in [3.8, 4) is 0 Å². The molecule has 9 nitrogen and oxygen atoms in total. The zero-order valence-corrected chi connectivity index (χ0v) is 17.6. The van der Waals surface area contributed by atoms with Crippen LogP contribution in [0.5, 0.6) is 0 Å². The summed E-state index contributed by atoms with van der Waals surface area (Å²) in [6.07, 6.45) is 0. The van der Waals surface area contributed by atoms with Gasteiger partial charge in [-0.3, -0.25) is 14.4 Å². The number of carbonyl (C=O) groups excluding carboxylic acids is 3. The molecular formula is C22H26N6O3. The molecule has 4 N–H and O–H groups in total. The van der Waals surface area contributed by atoms with Crippen LogP contribution in [0.3, 0.4) is 0 Å². The van der Waals surface area contributed by atoms with Crippen LogP contribution in [0, 0.1) is 0 Å². The Balaban J connectivity index is 1.65. The Morgan fingerprint density at radius 2 is 1.58 bits per heavy atom. The highest BCUT2D eigenvalue weighted by molar-refractivity contribution is 6.42. The van der Waals surface area contributed by atoms with Crippen molar-refractivity contribution in [2.75, 3.05) is 26.7 Å². The number of benzene rings is 2. The minimum Gasteiger partial charge on any atom is -0.382 e. The second-order valence-corrected chi connectivity index (χ2v) is 7.43. The first kappa shape index (κ1) is 22.0. The predicted molar refractivity (Wildman–Crippen MR) is 117 cm³/mol. The van der Waals surface area contributed by atoms with E-state index in [1.165, 1.54) is 24.1 Å². The summed E-state index contributed by atoms with van der Waals surface area (Å²) in [5, 5.41) is 4.98. The van der Waals surface area contributed by atoms with Crippen LogP contribution in [0.25, 0.3) is 0 Å². The Hall–Kier alpha value is -3.72. The molecule has 2 aromatic carbocycles. The maximum atomic E-state index is 12.8. The summed E-state index contributed by atoms with van der Waals surface area (Å²) < 4.78 is 0. The number of Topliss-reactive ketones (excluding diaryl/α,β-unsaturated/α-hetero) is 1. The van der Waals surface area contributed by atoms with Gasteiger partial charge in [0.15, 0.2) is 5.84 Å². The van der Waals surface area contributed by atoms with E-state index < -0.39 is 11.7 Å². The first-order valence-electron chi connectivity index (χ1n) is 9.90. The third-order valence-electron chi connectivity index (χ3n) is 5.10. The summed E-state index contributed by atoms with van der Waals surface area (Å²) in [5.41, 5.74) is 7.29. The zero-order valence-electron chi connectivity index (χ0n) is 17.6. The van der Waals surface area contributed by atoms with Crippen molar-refractivity contribution in [2.24, 2.45) is 16.7 Å². The van der Waals surface area contributed by atoms with Gasteiger partial charge in [-0.05, 0) is 19.1 Å². The molecule has 0 bridgehead atoms. The van der Waals surface area contributed by atoms with Crippen LogP contribution >= 0.6 is 0 Å². The maximum Gasteiger partial charge on any atom is 0.295 e. The van der Waals surface area contributed by atoms with Crippen molar-refractivity contribution in [3.63, 3.8) is 0 Å². The van der Waals surface area contributed by atoms with Gasteiger partial charge in [0.25, 0.3) is 11.8 Å². The lowest BCUT2D eigenvalue weighted by atomic mass is 10.0. The molecule has 0 saturated carbocycles. The molecular weight excluding hydrogens is 396 g/mol. The van der Waals surface area contributed by atoms with E-state index in [2.05, 4.69) is 5.10 Å². The fourth-order valence-electron chi connectivity index (χ4n) is 3.48. The van der Waals surface area contributed by atoms with Gasteiger partial charge < -0.3 is 15.5 Å². The number of amides is 2. The Morgan fingerprint density at radius 3 is 2.16 bits per heavy atom. The quantitative estimate of drug-likeness (QED) is 0.182. The molecule has 0 aromatic heterocycles. The van der Waals surface area contributed by atoms with Crippen molar-refractivity contribution >= 4 is 23.4 Å². The number of piperazine rings is 1. The van der Waals surface area contributed by atoms with Gasteiger partial charge in [0.1, 0.15) is 0 Å². The van der Waals surface area contributed by atoms with Crippen LogP contribution in [-0.2, 0) is 4.79 Å². The number of ketones is 1. The van der Waals surface area contributed by atoms with E-state index in [-0.39, 0.29) is 23.3 Å². The summed E-state index contributed by atoms with van der Waals surface area (Å²) in [6.45, 7) is 2.87. The van der Waals surface area contributed by atoms with E-state index in [1.54, 1.807) is 29.2 Å². The minimum absolute atomic E-state index is 0.0798. The number of rotatable bonds is 5. The second kappa shape index (κ2) is 9.40. The van der Waals surface area contributed by atoms with Crippen molar-refractivity contribution in [1.29, 1.82) is 0 Å². The molecule has 1 saturated heterocycles. The highest BCUT2D eigenvalue weighted by atomic mass is 16.2. The monoisotopic (exact) mass is 422 g/mol. The fraction of sp³-hybridized carbons (Fsp3) is 0.273. The smallest absolute Gasteiger partial charge is 0.295 e. The molecule has 31 heavy (non-hydrogen) atoms. The second-order valence-electron chi connectivity index (χ2n) is 7.43. The largest absolute Gasteiger partial charge is 0.382 e. The Morgan fingerprint density at radius 1 is 0.968 bits per heavy atom. The van der Waals surface area contributed by atoms with Crippen molar-refractivity contribution in [3.05, 3.63) is 71.3 Å². The van der Waals surface area contributed by atoms with Crippen molar-refractivity contribution < 1.29 is 14.4 Å². The van der Waals surface area contributed by atoms with E-state index in [0.29, 0.717) is 30.8 Å². The molecule has 1 atom stereocenters. The summed E-state index contributed by atoms with van der Waals surface area (Å²) in [7, 11) is 1.54. The van der Waals surface area contributed by atoms with Gasteiger partial charge in [-0.1, -0.05) is 42.5 Å². The summed E-state index contributed by atoms with van der Waals surface area (Å²) in [6, 6.07) is 15.0. The van der Waals surface area contributed by atoms with Gasteiger partial charge >= 0.3 is 0 Å². The average Bonchev–Trinajstić information content (AvgIpc) is 2.77. The highest BCUT2D eigenvalue weighted by Gasteiger charge is 2.33. The van der Waals surface area contributed by atoms with Gasteiger partial charge in [-0.15, -0.1) is 5.10 Å². The number of hydrogen-bond acceptors (Lipinski definition) is 6. The van der Waals surface area contributed by atoms with Crippen LogP contribution in [0.2, 0.25) is 0 Å². The average molecular weight is 422 g/mol. The maximum absolute atomic E-state index is 12.8. The first-order valence-corrected chi connectivity index (χ1v) is 9.90. The van der Waals surface area contributed by atoms with Crippen molar-refractivity contribution in [1.82, 2.24) is 14.9 Å². The van der Waals surface area contributed by atoms with Gasteiger partial charge in [-0.25, -0.2) is 11.0 Å². The molecule has 0 aliphatic carbocycles. The third kappa shape index (κ3) is 5.07. The van der Waals surface area contributed by atoms with Crippen LogP contribution in [-0.4, -0.2) is 71.1 Å². The Kier molecular flexibility index (Phi) is 6.66. The summed E-state index contributed by atoms with van der Waals surface area (Å²) in [4.78, 5) is 41.4. The molecule has 162 valence electrons. The minimum atomic E-state index is -0.604. The zero-order chi connectivity index (χ0) is 22.5. The Labute approximate surface area is 180 Å². The molecule has 2 aromatic rings. The lowest BCUT2D eigenvalue weighted by Gasteiger charge is -2.39. The summed E-state index contributed by atoms with van der Waals surface area (Å²) >= 11 is 0. The topological polar surface area (TPSA) is 125 Å². The number of nitrogens with zero attached hydrogens (tertiary/aromatic N) is 4. The first-order chi connectivity index (χ1) is 14.8. The molecule has 1 aliphatic rings. The van der Waals surface area contributed by atoms with Crippen LogP contribution in [0.1, 0.15) is 33.2 Å². The fourth-order valence-corrected chi connectivity index (χ4v) is 3.48. The lowest BCUT2D eigenvalue weighted by molar-refractivity contribution is -0.130. The molecule has 1 unspecified atom stereocenters. The van der Waals surface area contributed by atoms with Gasteiger partial charge in [0.05, 0.1) is 0 Å². The SMILES string of the molecule is CC1CN(C(=O)c2ccccc2)CCN1C(=O)C(=O)c1ccc(/C(N)=N/N(C)N)cc1. The lowest BCUT2D eigenvalue weighted by Crippen LogP contribution is -2.56. The standard InChI is InChI=1S/C22H26N6O3/c1-15-14-27(21(30)18-6-4-3-5-7-18)12-13-28(15)22(31)19(29)16-8-10-17(11-9-16)20(23)25-26(2)24/h3-11,15H,12-14,24H2,1-2H3,(H2,23,25). The van der Waals surface area contributed by atoms with Crippen LogP contribution < -0.4 is 11.6 Å². The molecule has 1 heterocycles. The predicted octanol–water partition coefficient (Wildman–Crippen LogP) is 0.668. The third-order valence-corrected chi connectivity index (χ3v) is 5.10. The summed E-state index contributed by atoms with van der Waals surface area (Å²) in [5.74, 6) is 4.37. The van der Waals surface area contributed by atoms with Gasteiger partial charge in [-0.2, -0.15) is 0 Å². The number of hydrogen-bond donors (Lipinski definition) is 2. The number of carbonyl (C=O) groups is 3. The van der Waals surface area contributed by atoms with Gasteiger partial charge in [0, 0.05) is 49.4 Å². The van der Waals surface area contributed by atoms with E-state index in [1.807, 2.05) is 25.1 Å². The normalized spacial score (nSPS) is 16.7. The highest BCUT2D eigenvalue weighted by Crippen LogP contribution is 2.16. The number of hydrazine groups is 1. The molecule has 1 aliphatic heterocycles. The van der Waals surface area contributed by atoms with E-state index >= 15 is 0 Å². The molecule has 3 rings (SSSR count). The number of amidine groups is 1. The Bertz CT molecular complexity index is 988. The molecule has 2 amide bonds. The molecule has 9 heteroatoms. The number of nitrogens with two attached hydrogens (primary N) is 2. The van der Waals surface area contributed by atoms with E-state index in [9.17, 15) is 14.4 Å². The van der Waals surface area contributed by atoms with Crippen LogP contribution in [0.4, 0.5) is 0 Å². The molecule has 0 spiro atoms.